The standard InChI is InChI=1S/C15H16ClNO2/c1-2-14(18)11-5-7-13(8-6-11)19-10-12-4-3-9-17-15(12)16/h3-9,14,18H,2,10H2,1H3. The summed E-state index contributed by atoms with van der Waals surface area (Å²) in [4.78, 5) is 3.99. The molecule has 1 N–H and O–H groups in total. The molecule has 1 atom stereocenters. The van der Waals surface area contributed by atoms with Gasteiger partial charge in [0.1, 0.15) is 17.5 Å². The van der Waals surface area contributed by atoms with Crippen LogP contribution in [0.25, 0.3) is 0 Å². The third-order valence-corrected chi connectivity index (χ3v) is 3.22. The number of aliphatic hydroxyl groups is 1. The number of halogens is 1. The fourth-order valence-corrected chi connectivity index (χ4v) is 1.88. The SMILES string of the molecule is CCC(O)c1ccc(OCc2cccnc2Cl)cc1. The first-order chi connectivity index (χ1) is 9.20. The molecule has 0 saturated carbocycles. The van der Waals surface area contributed by atoms with Crippen LogP contribution in [0.3, 0.4) is 0 Å². The molecule has 1 aromatic carbocycles. The molecule has 3 nitrogen and oxygen atoms in total. The Labute approximate surface area is 117 Å². The van der Waals surface area contributed by atoms with Crippen molar-refractivity contribution in [3.63, 3.8) is 0 Å². The van der Waals surface area contributed by atoms with Crippen molar-refractivity contribution in [1.82, 2.24) is 4.98 Å². The minimum Gasteiger partial charge on any atom is -0.489 e. The molecule has 2 rings (SSSR count). The van der Waals surface area contributed by atoms with Gasteiger partial charge in [-0.25, -0.2) is 4.98 Å². The highest BCUT2D eigenvalue weighted by molar-refractivity contribution is 6.30. The van der Waals surface area contributed by atoms with Gasteiger partial charge in [-0.2, -0.15) is 0 Å². The molecule has 2 aromatic rings. The Morgan fingerprint density at radius 1 is 1.26 bits per heavy atom. The van der Waals surface area contributed by atoms with Gasteiger partial charge in [0.25, 0.3) is 0 Å². The Kier molecular flexibility index (Phi) is 4.77. The highest BCUT2D eigenvalue weighted by Gasteiger charge is 2.05. The first-order valence-electron chi connectivity index (χ1n) is 6.21. The van der Waals surface area contributed by atoms with E-state index in [9.17, 15) is 5.11 Å². The number of pyridine rings is 1. The monoisotopic (exact) mass is 277 g/mol. The van der Waals surface area contributed by atoms with E-state index in [-0.39, 0.29) is 0 Å². The van der Waals surface area contributed by atoms with E-state index < -0.39 is 6.10 Å². The van der Waals surface area contributed by atoms with Gasteiger partial charge in [0.2, 0.25) is 0 Å². The van der Waals surface area contributed by atoms with Gasteiger partial charge in [0, 0.05) is 11.8 Å². The predicted octanol–water partition coefficient (Wildman–Crippen LogP) is 3.76. The van der Waals surface area contributed by atoms with Gasteiger partial charge in [-0.15, -0.1) is 0 Å². The van der Waals surface area contributed by atoms with Gasteiger partial charge in [-0.1, -0.05) is 36.7 Å². The lowest BCUT2D eigenvalue weighted by atomic mass is 10.1. The van der Waals surface area contributed by atoms with E-state index in [1.165, 1.54) is 0 Å². The number of hydrogen-bond acceptors (Lipinski definition) is 3. The average Bonchev–Trinajstić information content (AvgIpc) is 2.46. The summed E-state index contributed by atoms with van der Waals surface area (Å²) in [7, 11) is 0. The van der Waals surface area contributed by atoms with E-state index in [4.69, 9.17) is 16.3 Å². The molecule has 0 bridgehead atoms. The van der Waals surface area contributed by atoms with Crippen molar-refractivity contribution in [3.8, 4) is 5.75 Å². The number of aliphatic hydroxyl groups excluding tert-OH is 1. The topological polar surface area (TPSA) is 42.4 Å². The zero-order valence-electron chi connectivity index (χ0n) is 10.7. The van der Waals surface area contributed by atoms with Crippen molar-refractivity contribution >= 4 is 11.6 Å². The number of nitrogens with zero attached hydrogens (tertiary/aromatic N) is 1. The van der Waals surface area contributed by atoms with Crippen molar-refractivity contribution in [2.24, 2.45) is 0 Å². The predicted molar refractivity (Wildman–Crippen MR) is 75.3 cm³/mol. The summed E-state index contributed by atoms with van der Waals surface area (Å²) in [5, 5.41) is 10.2. The van der Waals surface area contributed by atoms with Crippen LogP contribution in [0.5, 0.6) is 5.75 Å². The molecule has 0 saturated heterocycles. The van der Waals surface area contributed by atoms with Gasteiger partial charge in [-0.05, 0) is 30.2 Å². The van der Waals surface area contributed by atoms with Crippen molar-refractivity contribution < 1.29 is 9.84 Å². The van der Waals surface area contributed by atoms with Crippen LogP contribution in [-0.2, 0) is 6.61 Å². The zero-order valence-corrected chi connectivity index (χ0v) is 11.5. The molecular weight excluding hydrogens is 262 g/mol. The smallest absolute Gasteiger partial charge is 0.135 e. The largest absolute Gasteiger partial charge is 0.489 e. The summed E-state index contributed by atoms with van der Waals surface area (Å²) in [6.45, 7) is 2.32. The van der Waals surface area contributed by atoms with Gasteiger partial charge in [0.05, 0.1) is 6.10 Å². The average molecular weight is 278 g/mol. The lowest BCUT2D eigenvalue weighted by Crippen LogP contribution is -1.98. The quantitative estimate of drug-likeness (QED) is 0.846. The van der Waals surface area contributed by atoms with Gasteiger partial charge in [-0.3, -0.25) is 0 Å². The van der Waals surface area contributed by atoms with Crippen LogP contribution in [0.4, 0.5) is 0 Å². The lowest BCUT2D eigenvalue weighted by molar-refractivity contribution is 0.173. The van der Waals surface area contributed by atoms with E-state index in [0.29, 0.717) is 18.2 Å². The van der Waals surface area contributed by atoms with Crippen LogP contribution < -0.4 is 4.74 Å². The Hall–Kier alpha value is -1.58. The Bertz CT molecular complexity index is 528. The molecular formula is C15H16ClNO2. The second-order valence-corrected chi connectivity index (χ2v) is 4.59. The molecule has 4 heteroatoms. The second kappa shape index (κ2) is 6.55. The van der Waals surface area contributed by atoms with E-state index >= 15 is 0 Å². The number of aromatic nitrogens is 1. The van der Waals surface area contributed by atoms with Crippen LogP contribution in [0.15, 0.2) is 42.6 Å². The minimum atomic E-state index is -0.415. The summed E-state index contributed by atoms with van der Waals surface area (Å²) >= 11 is 5.95. The zero-order chi connectivity index (χ0) is 13.7. The summed E-state index contributed by atoms with van der Waals surface area (Å²) in [6.07, 6.45) is 1.93. The van der Waals surface area contributed by atoms with E-state index in [1.807, 2.05) is 43.3 Å². The number of benzene rings is 1. The maximum Gasteiger partial charge on any atom is 0.135 e. The van der Waals surface area contributed by atoms with Gasteiger partial charge < -0.3 is 9.84 Å². The molecule has 1 unspecified atom stereocenters. The maximum absolute atomic E-state index is 9.70. The molecule has 0 fully saturated rings. The van der Waals surface area contributed by atoms with Crippen molar-refractivity contribution in [2.75, 3.05) is 0 Å². The molecule has 0 radical (unpaired) electrons. The van der Waals surface area contributed by atoms with Crippen LogP contribution in [0.1, 0.15) is 30.6 Å². The minimum absolute atomic E-state index is 0.377. The number of rotatable bonds is 5. The maximum atomic E-state index is 9.70. The van der Waals surface area contributed by atoms with Gasteiger partial charge >= 0.3 is 0 Å². The first kappa shape index (κ1) is 13.8. The summed E-state index contributed by atoms with van der Waals surface area (Å²) in [5.41, 5.74) is 1.75. The molecule has 100 valence electrons. The van der Waals surface area contributed by atoms with E-state index in [1.54, 1.807) is 6.20 Å². The molecule has 19 heavy (non-hydrogen) atoms. The van der Waals surface area contributed by atoms with Crippen molar-refractivity contribution in [1.29, 1.82) is 0 Å². The molecule has 0 aliphatic heterocycles. The van der Waals surface area contributed by atoms with Crippen molar-refractivity contribution in [3.05, 3.63) is 58.9 Å². The van der Waals surface area contributed by atoms with Crippen LogP contribution in [0.2, 0.25) is 5.15 Å². The molecule has 1 aromatic heterocycles. The third kappa shape index (κ3) is 3.69. The van der Waals surface area contributed by atoms with Gasteiger partial charge in [0.15, 0.2) is 0 Å². The number of hydrogen-bond donors (Lipinski definition) is 1. The Balaban J connectivity index is 1.99. The second-order valence-electron chi connectivity index (χ2n) is 4.24. The highest BCUT2D eigenvalue weighted by atomic mass is 35.5. The fraction of sp³-hybridized carbons (Fsp3) is 0.267. The normalized spacial score (nSPS) is 12.2. The van der Waals surface area contributed by atoms with E-state index in [2.05, 4.69) is 4.98 Å². The van der Waals surface area contributed by atoms with Crippen LogP contribution >= 0.6 is 11.6 Å². The fourth-order valence-electron chi connectivity index (χ4n) is 1.71. The number of ether oxygens (including phenoxy) is 1. The highest BCUT2D eigenvalue weighted by Crippen LogP contribution is 2.21. The molecule has 0 amide bonds. The molecule has 0 aliphatic carbocycles. The Morgan fingerprint density at radius 3 is 2.63 bits per heavy atom. The van der Waals surface area contributed by atoms with E-state index in [0.717, 1.165) is 16.9 Å². The summed E-state index contributed by atoms with van der Waals surface area (Å²) in [5.74, 6) is 0.743. The van der Waals surface area contributed by atoms with Crippen LogP contribution in [0, 0.1) is 0 Å². The molecule has 0 spiro atoms. The first-order valence-corrected chi connectivity index (χ1v) is 6.58. The third-order valence-electron chi connectivity index (χ3n) is 2.88. The Morgan fingerprint density at radius 2 is 2.00 bits per heavy atom. The summed E-state index contributed by atoms with van der Waals surface area (Å²) in [6, 6.07) is 11.1. The van der Waals surface area contributed by atoms with Crippen molar-refractivity contribution in [2.45, 2.75) is 26.1 Å². The van der Waals surface area contributed by atoms with Crippen LogP contribution in [-0.4, -0.2) is 10.1 Å². The lowest BCUT2D eigenvalue weighted by Gasteiger charge is -2.10. The summed E-state index contributed by atoms with van der Waals surface area (Å²) < 4.78 is 5.64. The molecule has 0 aliphatic rings. The molecule has 1 heterocycles.